The highest BCUT2D eigenvalue weighted by molar-refractivity contribution is 9.10. The molecule has 22 heavy (non-hydrogen) atoms. The van der Waals surface area contributed by atoms with Gasteiger partial charge in [0.1, 0.15) is 6.61 Å². The Labute approximate surface area is 138 Å². The van der Waals surface area contributed by atoms with Crippen LogP contribution in [0.4, 0.5) is 0 Å². The lowest BCUT2D eigenvalue weighted by molar-refractivity contribution is -0.627. The zero-order valence-corrected chi connectivity index (χ0v) is 14.2. The molecule has 118 valence electrons. The van der Waals surface area contributed by atoms with Crippen molar-refractivity contribution in [3.8, 4) is 5.88 Å². The molecule has 6 heteroatoms. The van der Waals surface area contributed by atoms with Gasteiger partial charge in [0, 0.05) is 22.4 Å². The zero-order valence-electron chi connectivity index (χ0n) is 12.6. The highest BCUT2D eigenvalue weighted by Crippen LogP contribution is 2.22. The largest absolute Gasteiger partial charge is 0.618 e. The van der Waals surface area contributed by atoms with Gasteiger partial charge in [-0.1, -0.05) is 44.2 Å². The van der Waals surface area contributed by atoms with Crippen LogP contribution in [-0.4, -0.2) is 10.1 Å². The molecule has 0 spiro atoms. The molecule has 0 bridgehead atoms. The SMILES string of the molecule is CC(C)Cc1c(OCc2ccccc2)nc(CO)c(Br)[n+]1[O-]. The van der Waals surface area contributed by atoms with Gasteiger partial charge in [-0.2, -0.15) is 4.73 Å². The number of halogens is 1. The molecule has 0 saturated carbocycles. The minimum absolute atomic E-state index is 0.234. The molecule has 0 fully saturated rings. The van der Waals surface area contributed by atoms with E-state index in [1.54, 1.807) is 0 Å². The monoisotopic (exact) mass is 366 g/mol. The molecule has 1 aromatic heterocycles. The Balaban J connectivity index is 2.32. The number of nitrogens with zero attached hydrogens (tertiary/aromatic N) is 2. The Morgan fingerprint density at radius 2 is 2.00 bits per heavy atom. The lowest BCUT2D eigenvalue weighted by atomic mass is 10.1. The second-order valence-corrected chi connectivity index (χ2v) is 6.18. The van der Waals surface area contributed by atoms with Crippen LogP contribution in [0, 0.1) is 11.1 Å². The number of hydrogen-bond acceptors (Lipinski definition) is 4. The van der Waals surface area contributed by atoms with Gasteiger partial charge < -0.3 is 15.1 Å². The Hall–Kier alpha value is -1.66. The smallest absolute Gasteiger partial charge is 0.285 e. The van der Waals surface area contributed by atoms with Gasteiger partial charge in [-0.25, -0.2) is 4.98 Å². The topological polar surface area (TPSA) is 69.3 Å². The number of ether oxygens (including phenoxy) is 1. The molecule has 1 N–H and O–H groups in total. The van der Waals surface area contributed by atoms with Crippen molar-refractivity contribution in [2.75, 3.05) is 0 Å². The van der Waals surface area contributed by atoms with E-state index >= 15 is 0 Å². The van der Waals surface area contributed by atoms with Crippen LogP contribution >= 0.6 is 15.9 Å². The van der Waals surface area contributed by atoms with E-state index in [-0.39, 0.29) is 28.7 Å². The summed E-state index contributed by atoms with van der Waals surface area (Å²) >= 11 is 3.18. The fourth-order valence-electron chi connectivity index (χ4n) is 2.05. The van der Waals surface area contributed by atoms with Crippen molar-refractivity contribution in [3.63, 3.8) is 0 Å². The number of aliphatic hydroxyl groups is 1. The predicted octanol–water partition coefficient (Wildman–Crippen LogP) is 2.75. The first kappa shape index (κ1) is 16.7. The molecule has 0 aliphatic carbocycles. The van der Waals surface area contributed by atoms with Crippen molar-refractivity contribution in [3.05, 3.63) is 57.1 Å². The van der Waals surface area contributed by atoms with Crippen LogP contribution in [0.5, 0.6) is 5.88 Å². The summed E-state index contributed by atoms with van der Waals surface area (Å²) in [5.74, 6) is 0.563. The van der Waals surface area contributed by atoms with E-state index in [0.717, 1.165) is 10.3 Å². The molecule has 0 aliphatic heterocycles. The summed E-state index contributed by atoms with van der Waals surface area (Å²) in [5.41, 5.74) is 1.73. The fraction of sp³-hybridized carbons (Fsp3) is 0.375. The van der Waals surface area contributed by atoms with Gasteiger partial charge in [-0.15, -0.1) is 0 Å². The van der Waals surface area contributed by atoms with Crippen molar-refractivity contribution in [1.82, 2.24) is 4.98 Å². The molecule has 0 aliphatic rings. The van der Waals surface area contributed by atoms with E-state index in [9.17, 15) is 10.3 Å². The molecule has 2 rings (SSSR count). The molecule has 1 aromatic carbocycles. The molecule has 0 atom stereocenters. The van der Waals surface area contributed by atoms with Crippen LogP contribution in [0.15, 0.2) is 34.9 Å². The van der Waals surface area contributed by atoms with E-state index in [1.807, 2.05) is 44.2 Å². The first-order valence-electron chi connectivity index (χ1n) is 7.11. The summed E-state index contributed by atoms with van der Waals surface area (Å²) in [6.45, 7) is 4.04. The van der Waals surface area contributed by atoms with Crippen molar-refractivity contribution >= 4 is 15.9 Å². The van der Waals surface area contributed by atoms with Gasteiger partial charge in [0.2, 0.25) is 0 Å². The molecule has 0 saturated heterocycles. The number of benzene rings is 1. The third-order valence-corrected chi connectivity index (χ3v) is 3.89. The first-order valence-corrected chi connectivity index (χ1v) is 7.90. The van der Waals surface area contributed by atoms with Crippen LogP contribution in [-0.2, 0) is 19.6 Å². The zero-order chi connectivity index (χ0) is 16.1. The summed E-state index contributed by atoms with van der Waals surface area (Å²) in [5, 5.41) is 21.7. The third kappa shape index (κ3) is 3.96. The minimum Gasteiger partial charge on any atom is -0.618 e. The van der Waals surface area contributed by atoms with E-state index in [0.29, 0.717) is 18.7 Å². The van der Waals surface area contributed by atoms with Crippen molar-refractivity contribution in [1.29, 1.82) is 0 Å². The lowest BCUT2D eigenvalue weighted by Crippen LogP contribution is -2.37. The maximum absolute atomic E-state index is 12.4. The highest BCUT2D eigenvalue weighted by atomic mass is 79.9. The average molecular weight is 367 g/mol. The normalized spacial score (nSPS) is 11.0. The van der Waals surface area contributed by atoms with Crippen molar-refractivity contribution in [2.24, 2.45) is 5.92 Å². The Bertz CT molecular complexity index is 633. The number of rotatable bonds is 6. The van der Waals surface area contributed by atoms with Crippen LogP contribution in [0.2, 0.25) is 0 Å². The lowest BCUT2D eigenvalue weighted by Gasteiger charge is -2.14. The van der Waals surface area contributed by atoms with Crippen LogP contribution in [0.25, 0.3) is 0 Å². The molecule has 0 amide bonds. The second kappa shape index (κ2) is 7.56. The second-order valence-electron chi connectivity index (χ2n) is 5.43. The van der Waals surface area contributed by atoms with E-state index in [4.69, 9.17) is 4.74 Å². The maximum atomic E-state index is 12.4. The first-order chi connectivity index (χ1) is 10.5. The van der Waals surface area contributed by atoms with Crippen LogP contribution in [0.3, 0.4) is 0 Å². The van der Waals surface area contributed by atoms with Gasteiger partial charge in [0.25, 0.3) is 16.2 Å². The van der Waals surface area contributed by atoms with Crippen LogP contribution < -0.4 is 9.47 Å². The van der Waals surface area contributed by atoms with Crippen molar-refractivity contribution in [2.45, 2.75) is 33.5 Å². The Morgan fingerprint density at radius 1 is 1.32 bits per heavy atom. The van der Waals surface area contributed by atoms with Gasteiger partial charge >= 0.3 is 0 Å². The summed E-state index contributed by atoms with van der Waals surface area (Å²) in [6.07, 6.45) is 0.547. The van der Waals surface area contributed by atoms with Gasteiger partial charge in [-0.3, -0.25) is 0 Å². The quantitative estimate of drug-likeness (QED) is 0.630. The fourth-order valence-corrected chi connectivity index (χ4v) is 2.48. The molecule has 1 heterocycles. The number of hydrogen-bond donors (Lipinski definition) is 1. The minimum atomic E-state index is -0.327. The number of aliphatic hydroxyl groups excluding tert-OH is 1. The average Bonchev–Trinajstić information content (AvgIpc) is 2.52. The van der Waals surface area contributed by atoms with Crippen molar-refractivity contribution < 1.29 is 14.6 Å². The molecular formula is C16H19BrN2O3. The predicted molar refractivity (Wildman–Crippen MR) is 86.1 cm³/mol. The molecule has 0 unspecified atom stereocenters. The highest BCUT2D eigenvalue weighted by Gasteiger charge is 2.24. The third-order valence-electron chi connectivity index (χ3n) is 3.11. The van der Waals surface area contributed by atoms with Crippen LogP contribution in [0.1, 0.15) is 30.8 Å². The molecule has 0 radical (unpaired) electrons. The molecular weight excluding hydrogens is 348 g/mol. The van der Waals surface area contributed by atoms with Gasteiger partial charge in [-0.05, 0) is 11.5 Å². The summed E-state index contributed by atoms with van der Waals surface area (Å²) in [7, 11) is 0. The summed E-state index contributed by atoms with van der Waals surface area (Å²) < 4.78 is 6.72. The summed E-state index contributed by atoms with van der Waals surface area (Å²) in [6, 6.07) is 9.67. The number of aromatic nitrogens is 2. The van der Waals surface area contributed by atoms with Gasteiger partial charge in [0.15, 0.2) is 5.69 Å². The Morgan fingerprint density at radius 3 is 2.59 bits per heavy atom. The Kier molecular flexibility index (Phi) is 5.74. The maximum Gasteiger partial charge on any atom is 0.285 e. The van der Waals surface area contributed by atoms with E-state index in [1.165, 1.54) is 0 Å². The van der Waals surface area contributed by atoms with E-state index in [2.05, 4.69) is 20.9 Å². The summed E-state index contributed by atoms with van der Waals surface area (Å²) in [4.78, 5) is 4.28. The standard InChI is InChI=1S/C16H19BrN2O3/c1-11(2)8-14-16(18-13(9-20)15(17)19(14)21)22-10-12-6-4-3-5-7-12/h3-7,11,20H,8-10H2,1-2H3. The van der Waals surface area contributed by atoms with E-state index < -0.39 is 0 Å². The van der Waals surface area contributed by atoms with Gasteiger partial charge in [0.05, 0.1) is 6.61 Å². The molecule has 5 nitrogen and oxygen atoms in total. The molecule has 2 aromatic rings.